The van der Waals surface area contributed by atoms with Gasteiger partial charge in [0.2, 0.25) is 0 Å². The molecule has 4 N–H and O–H groups in total. The number of nitrogen functional groups attached to an aromatic ring is 1. The van der Waals surface area contributed by atoms with Crippen molar-refractivity contribution < 1.29 is 4.74 Å². The number of nitrogens with zero attached hydrogens (tertiary/aromatic N) is 2. The van der Waals surface area contributed by atoms with E-state index < -0.39 is 0 Å². The van der Waals surface area contributed by atoms with Crippen molar-refractivity contribution in [2.24, 2.45) is 5.84 Å². The van der Waals surface area contributed by atoms with Crippen molar-refractivity contribution in [1.82, 2.24) is 9.97 Å². The van der Waals surface area contributed by atoms with Gasteiger partial charge < -0.3 is 15.5 Å². The first-order valence-electron chi connectivity index (χ1n) is 6.96. The standard InChI is InChI=1S/C13H25N5O/c1-3-5-8-19-9-6-7-15-12-10-13(18-14)17-11(4-2)16-12/h10H,3-9,14H2,1-2H3,(H2,15,16,17,18). The average Bonchev–Trinajstić information content (AvgIpc) is 2.45. The first-order chi connectivity index (χ1) is 9.30. The van der Waals surface area contributed by atoms with Crippen molar-refractivity contribution in [3.8, 4) is 0 Å². The number of anilines is 2. The fourth-order valence-corrected chi connectivity index (χ4v) is 1.56. The highest BCUT2D eigenvalue weighted by atomic mass is 16.5. The molecule has 0 saturated heterocycles. The molecule has 0 spiro atoms. The third-order valence-electron chi connectivity index (χ3n) is 2.65. The molecule has 0 saturated carbocycles. The molecule has 19 heavy (non-hydrogen) atoms. The van der Waals surface area contributed by atoms with Gasteiger partial charge in [0.25, 0.3) is 0 Å². The van der Waals surface area contributed by atoms with Crippen molar-refractivity contribution >= 4 is 11.6 Å². The van der Waals surface area contributed by atoms with Crippen LogP contribution in [-0.2, 0) is 11.2 Å². The Kier molecular flexibility index (Phi) is 7.84. The van der Waals surface area contributed by atoms with Crippen LogP contribution in [0.2, 0.25) is 0 Å². The molecular weight excluding hydrogens is 242 g/mol. The smallest absolute Gasteiger partial charge is 0.145 e. The lowest BCUT2D eigenvalue weighted by molar-refractivity contribution is 0.131. The lowest BCUT2D eigenvalue weighted by atomic mass is 10.3. The predicted octanol–water partition coefficient (Wildman–Crippen LogP) is 1.94. The van der Waals surface area contributed by atoms with E-state index in [1.54, 1.807) is 6.07 Å². The van der Waals surface area contributed by atoms with Crippen LogP contribution >= 0.6 is 0 Å². The minimum Gasteiger partial charge on any atom is -0.381 e. The highest BCUT2D eigenvalue weighted by molar-refractivity contribution is 5.46. The van der Waals surface area contributed by atoms with Gasteiger partial charge in [0, 0.05) is 32.2 Å². The topological polar surface area (TPSA) is 85.1 Å². The Morgan fingerprint density at radius 2 is 1.89 bits per heavy atom. The van der Waals surface area contributed by atoms with Gasteiger partial charge in [0.1, 0.15) is 17.5 Å². The SMILES string of the molecule is CCCCOCCCNc1cc(NN)nc(CC)n1. The number of hydrogen-bond acceptors (Lipinski definition) is 6. The molecule has 0 aliphatic rings. The molecule has 0 amide bonds. The fourth-order valence-electron chi connectivity index (χ4n) is 1.56. The van der Waals surface area contributed by atoms with Gasteiger partial charge in [-0.05, 0) is 12.8 Å². The molecule has 1 aromatic rings. The summed E-state index contributed by atoms with van der Waals surface area (Å²) in [7, 11) is 0. The van der Waals surface area contributed by atoms with E-state index in [-0.39, 0.29) is 0 Å². The van der Waals surface area contributed by atoms with Crippen LogP contribution in [0.1, 0.15) is 38.9 Å². The summed E-state index contributed by atoms with van der Waals surface area (Å²) in [6.45, 7) is 6.64. The normalized spacial score (nSPS) is 10.5. The zero-order valence-electron chi connectivity index (χ0n) is 11.9. The van der Waals surface area contributed by atoms with Crippen molar-refractivity contribution in [2.45, 2.75) is 39.5 Å². The second kappa shape index (κ2) is 9.52. The number of aromatic nitrogens is 2. The van der Waals surface area contributed by atoms with Crippen LogP contribution in [0.5, 0.6) is 0 Å². The summed E-state index contributed by atoms with van der Waals surface area (Å²) >= 11 is 0. The number of nitrogens with one attached hydrogen (secondary N) is 2. The second-order valence-corrected chi connectivity index (χ2v) is 4.30. The Hall–Kier alpha value is -1.40. The molecule has 0 bridgehead atoms. The van der Waals surface area contributed by atoms with Gasteiger partial charge in [-0.1, -0.05) is 20.3 Å². The van der Waals surface area contributed by atoms with Crippen LogP contribution in [0.3, 0.4) is 0 Å². The maximum atomic E-state index is 5.50. The van der Waals surface area contributed by atoms with E-state index in [1.807, 2.05) is 6.92 Å². The molecule has 1 rings (SSSR count). The quantitative estimate of drug-likeness (QED) is 0.341. The van der Waals surface area contributed by atoms with Crippen LogP contribution in [0, 0.1) is 0 Å². The van der Waals surface area contributed by atoms with Gasteiger partial charge in [-0.2, -0.15) is 0 Å². The lowest BCUT2D eigenvalue weighted by Gasteiger charge is -2.09. The van der Waals surface area contributed by atoms with Crippen molar-refractivity contribution in [3.05, 3.63) is 11.9 Å². The van der Waals surface area contributed by atoms with E-state index in [4.69, 9.17) is 10.6 Å². The number of ether oxygens (including phenoxy) is 1. The molecule has 0 atom stereocenters. The number of nitrogens with two attached hydrogens (primary N) is 1. The molecule has 0 aliphatic heterocycles. The molecule has 6 nitrogen and oxygen atoms in total. The summed E-state index contributed by atoms with van der Waals surface area (Å²) in [5, 5.41) is 3.26. The molecule has 1 aromatic heterocycles. The highest BCUT2D eigenvalue weighted by Gasteiger charge is 2.01. The average molecular weight is 267 g/mol. The summed E-state index contributed by atoms with van der Waals surface area (Å²) in [4.78, 5) is 8.63. The summed E-state index contributed by atoms with van der Waals surface area (Å²) in [6, 6.07) is 1.80. The molecule has 0 fully saturated rings. The third kappa shape index (κ3) is 6.35. The van der Waals surface area contributed by atoms with E-state index >= 15 is 0 Å². The third-order valence-corrected chi connectivity index (χ3v) is 2.65. The van der Waals surface area contributed by atoms with Crippen molar-refractivity contribution in [1.29, 1.82) is 0 Å². The Morgan fingerprint density at radius 1 is 1.16 bits per heavy atom. The summed E-state index contributed by atoms with van der Waals surface area (Å²) < 4.78 is 5.50. The minimum absolute atomic E-state index is 0.633. The molecule has 1 heterocycles. The largest absolute Gasteiger partial charge is 0.381 e. The molecule has 0 aromatic carbocycles. The Labute approximate surface area is 115 Å². The van der Waals surface area contributed by atoms with Gasteiger partial charge in [0.15, 0.2) is 0 Å². The Balaban J connectivity index is 2.28. The van der Waals surface area contributed by atoms with Crippen LogP contribution in [0.15, 0.2) is 6.07 Å². The first-order valence-corrected chi connectivity index (χ1v) is 6.96. The number of rotatable bonds is 10. The van der Waals surface area contributed by atoms with E-state index in [0.717, 1.165) is 50.7 Å². The molecule has 0 unspecified atom stereocenters. The van der Waals surface area contributed by atoms with Crippen LogP contribution in [0.4, 0.5) is 11.6 Å². The van der Waals surface area contributed by atoms with Crippen LogP contribution in [0.25, 0.3) is 0 Å². The number of hydrogen-bond donors (Lipinski definition) is 3. The fraction of sp³-hybridized carbons (Fsp3) is 0.692. The predicted molar refractivity (Wildman–Crippen MR) is 78.1 cm³/mol. The molecule has 6 heteroatoms. The first kappa shape index (κ1) is 15.7. The number of unbranched alkanes of at least 4 members (excludes halogenated alkanes) is 1. The van der Waals surface area contributed by atoms with E-state index in [9.17, 15) is 0 Å². The highest BCUT2D eigenvalue weighted by Crippen LogP contribution is 2.10. The second-order valence-electron chi connectivity index (χ2n) is 4.30. The van der Waals surface area contributed by atoms with E-state index in [0.29, 0.717) is 5.82 Å². The molecule has 108 valence electrons. The maximum Gasteiger partial charge on any atom is 0.145 e. The van der Waals surface area contributed by atoms with Gasteiger partial charge in [-0.3, -0.25) is 0 Å². The van der Waals surface area contributed by atoms with Crippen molar-refractivity contribution in [2.75, 3.05) is 30.5 Å². The molecule has 0 radical (unpaired) electrons. The summed E-state index contributed by atoms with van der Waals surface area (Å²) in [5.74, 6) is 7.58. The zero-order chi connectivity index (χ0) is 13.9. The lowest BCUT2D eigenvalue weighted by Crippen LogP contribution is -2.13. The van der Waals surface area contributed by atoms with E-state index in [1.165, 1.54) is 6.42 Å². The van der Waals surface area contributed by atoms with Gasteiger partial charge in [-0.25, -0.2) is 15.8 Å². The Morgan fingerprint density at radius 3 is 2.58 bits per heavy atom. The zero-order valence-corrected chi connectivity index (χ0v) is 11.9. The summed E-state index contributed by atoms with van der Waals surface area (Å²) in [5.41, 5.74) is 2.55. The molecule has 0 aliphatic carbocycles. The Bertz CT molecular complexity index is 337. The maximum absolute atomic E-state index is 5.50. The number of aryl methyl sites for hydroxylation is 1. The van der Waals surface area contributed by atoms with E-state index in [2.05, 4.69) is 27.6 Å². The van der Waals surface area contributed by atoms with Crippen LogP contribution in [-0.4, -0.2) is 29.7 Å². The van der Waals surface area contributed by atoms with Gasteiger partial charge in [-0.15, -0.1) is 0 Å². The van der Waals surface area contributed by atoms with Crippen LogP contribution < -0.4 is 16.6 Å². The van der Waals surface area contributed by atoms with Gasteiger partial charge >= 0.3 is 0 Å². The number of hydrazine groups is 1. The summed E-state index contributed by atoms with van der Waals surface area (Å²) in [6.07, 6.45) is 4.05. The molecular formula is C13H25N5O. The monoisotopic (exact) mass is 267 g/mol. The van der Waals surface area contributed by atoms with Gasteiger partial charge in [0.05, 0.1) is 0 Å². The minimum atomic E-state index is 0.633. The van der Waals surface area contributed by atoms with Crippen molar-refractivity contribution in [3.63, 3.8) is 0 Å².